The summed E-state index contributed by atoms with van der Waals surface area (Å²) >= 11 is 3.50. The van der Waals surface area contributed by atoms with Crippen LogP contribution in [0.5, 0.6) is 0 Å². The average molecular weight is 365 g/mol. The minimum atomic E-state index is -0.259. The Kier molecular flexibility index (Phi) is 5.85. The van der Waals surface area contributed by atoms with Crippen LogP contribution in [0.1, 0.15) is 16.1 Å². The quantitative estimate of drug-likeness (QED) is 0.770. The van der Waals surface area contributed by atoms with Gasteiger partial charge in [-0.1, -0.05) is 6.07 Å². The number of hydrogen-bond donors (Lipinski definition) is 2. The lowest BCUT2D eigenvalue weighted by Crippen LogP contribution is -2.27. The summed E-state index contributed by atoms with van der Waals surface area (Å²) in [4.78, 5) is 20.1. The number of aryl methyl sites for hydroxylation is 1. The second-order valence-corrected chi connectivity index (χ2v) is 5.50. The van der Waals surface area contributed by atoms with Crippen molar-refractivity contribution >= 4 is 33.3 Å². The van der Waals surface area contributed by atoms with Crippen LogP contribution in [-0.4, -0.2) is 36.1 Å². The third-order valence-electron chi connectivity index (χ3n) is 2.88. The lowest BCUT2D eigenvalue weighted by Gasteiger charge is -2.09. The molecule has 0 aliphatic heterocycles. The number of hydrogen-bond acceptors (Lipinski definition) is 5. The zero-order valence-electron chi connectivity index (χ0n) is 12.4. The van der Waals surface area contributed by atoms with E-state index in [1.807, 2.05) is 25.1 Å². The first kappa shape index (κ1) is 16.4. The zero-order chi connectivity index (χ0) is 15.9. The number of methoxy groups -OCH3 is 1. The van der Waals surface area contributed by atoms with Gasteiger partial charge in [-0.3, -0.25) is 4.79 Å². The standard InChI is InChI=1S/C15H17BrN4O2/c1-10-3-4-12(11(16)7-10)20-14-8-13(18-9-19-14)15(21)17-5-6-22-2/h3-4,7-9H,5-6H2,1-2H3,(H,17,21)(H,18,19,20). The summed E-state index contributed by atoms with van der Waals surface area (Å²) in [5.41, 5.74) is 2.32. The molecule has 0 unspecified atom stereocenters. The normalized spacial score (nSPS) is 10.3. The van der Waals surface area contributed by atoms with E-state index in [4.69, 9.17) is 4.74 Å². The SMILES string of the molecule is COCCNC(=O)c1cc(Nc2ccc(C)cc2Br)ncn1. The van der Waals surface area contributed by atoms with Gasteiger partial charge in [-0.25, -0.2) is 9.97 Å². The first-order valence-electron chi connectivity index (χ1n) is 6.72. The Balaban J connectivity index is 2.09. The van der Waals surface area contributed by atoms with E-state index < -0.39 is 0 Å². The number of nitrogens with zero attached hydrogens (tertiary/aromatic N) is 2. The van der Waals surface area contributed by atoms with Crippen molar-refractivity contribution in [1.29, 1.82) is 0 Å². The van der Waals surface area contributed by atoms with E-state index in [0.29, 0.717) is 24.7 Å². The monoisotopic (exact) mass is 364 g/mol. The van der Waals surface area contributed by atoms with Gasteiger partial charge in [-0.15, -0.1) is 0 Å². The van der Waals surface area contributed by atoms with Gasteiger partial charge in [0.25, 0.3) is 5.91 Å². The van der Waals surface area contributed by atoms with Crippen molar-refractivity contribution in [1.82, 2.24) is 15.3 Å². The van der Waals surface area contributed by atoms with Crippen LogP contribution in [0.2, 0.25) is 0 Å². The number of benzene rings is 1. The number of aromatic nitrogens is 2. The number of anilines is 2. The van der Waals surface area contributed by atoms with Crippen molar-refractivity contribution in [3.63, 3.8) is 0 Å². The molecule has 1 aromatic carbocycles. The predicted octanol–water partition coefficient (Wildman–Crippen LogP) is 2.67. The first-order chi connectivity index (χ1) is 10.6. The van der Waals surface area contributed by atoms with Crippen LogP contribution in [0, 0.1) is 6.92 Å². The summed E-state index contributed by atoms with van der Waals surface area (Å²) in [5, 5.41) is 5.88. The maximum atomic E-state index is 11.9. The lowest BCUT2D eigenvalue weighted by molar-refractivity contribution is 0.0932. The highest BCUT2D eigenvalue weighted by atomic mass is 79.9. The molecular formula is C15H17BrN4O2. The van der Waals surface area contributed by atoms with E-state index in [1.54, 1.807) is 13.2 Å². The molecule has 0 fully saturated rings. The van der Waals surface area contributed by atoms with Gasteiger partial charge in [0.1, 0.15) is 17.8 Å². The summed E-state index contributed by atoms with van der Waals surface area (Å²) in [6.45, 7) is 2.91. The number of carbonyl (C=O) groups excluding carboxylic acids is 1. The number of amides is 1. The second-order valence-electron chi connectivity index (χ2n) is 4.65. The molecule has 0 radical (unpaired) electrons. The van der Waals surface area contributed by atoms with Gasteiger partial charge in [0.2, 0.25) is 0 Å². The summed E-state index contributed by atoms with van der Waals surface area (Å²) in [6.07, 6.45) is 1.36. The fourth-order valence-electron chi connectivity index (χ4n) is 1.77. The largest absolute Gasteiger partial charge is 0.383 e. The van der Waals surface area contributed by atoms with Crippen LogP contribution < -0.4 is 10.6 Å². The van der Waals surface area contributed by atoms with Gasteiger partial charge in [0.15, 0.2) is 0 Å². The lowest BCUT2D eigenvalue weighted by atomic mass is 10.2. The minimum Gasteiger partial charge on any atom is -0.383 e. The van der Waals surface area contributed by atoms with Crippen molar-refractivity contribution in [3.05, 3.63) is 46.3 Å². The Morgan fingerprint density at radius 3 is 2.86 bits per heavy atom. The van der Waals surface area contributed by atoms with Crippen molar-refractivity contribution in [2.75, 3.05) is 25.6 Å². The summed E-state index contributed by atoms with van der Waals surface area (Å²) in [6, 6.07) is 7.54. The van der Waals surface area contributed by atoms with Gasteiger partial charge < -0.3 is 15.4 Å². The molecule has 0 atom stereocenters. The van der Waals surface area contributed by atoms with Crippen molar-refractivity contribution in [3.8, 4) is 0 Å². The van der Waals surface area contributed by atoms with Crippen molar-refractivity contribution < 1.29 is 9.53 Å². The minimum absolute atomic E-state index is 0.259. The molecule has 2 aromatic rings. The van der Waals surface area contributed by atoms with Gasteiger partial charge in [-0.05, 0) is 40.5 Å². The molecule has 7 heteroatoms. The second kappa shape index (κ2) is 7.86. The van der Waals surface area contributed by atoms with Crippen molar-refractivity contribution in [2.24, 2.45) is 0 Å². The van der Waals surface area contributed by atoms with E-state index in [0.717, 1.165) is 15.7 Å². The summed E-state index contributed by atoms with van der Waals surface area (Å²) < 4.78 is 5.82. The number of carbonyl (C=O) groups is 1. The Morgan fingerprint density at radius 2 is 2.14 bits per heavy atom. The average Bonchev–Trinajstić information content (AvgIpc) is 2.50. The summed E-state index contributed by atoms with van der Waals surface area (Å²) in [7, 11) is 1.58. The molecule has 0 saturated carbocycles. The zero-order valence-corrected chi connectivity index (χ0v) is 14.0. The molecule has 2 rings (SSSR count). The van der Waals surface area contributed by atoms with E-state index in [2.05, 4.69) is 36.5 Å². The molecule has 1 heterocycles. The highest BCUT2D eigenvalue weighted by Gasteiger charge is 2.09. The fraction of sp³-hybridized carbons (Fsp3) is 0.267. The smallest absolute Gasteiger partial charge is 0.270 e. The van der Waals surface area contributed by atoms with Crippen LogP contribution in [0.15, 0.2) is 35.1 Å². The van der Waals surface area contributed by atoms with Crippen LogP contribution >= 0.6 is 15.9 Å². The first-order valence-corrected chi connectivity index (χ1v) is 7.52. The molecule has 1 amide bonds. The molecular weight excluding hydrogens is 348 g/mol. The van der Waals surface area contributed by atoms with Crippen LogP contribution in [0.4, 0.5) is 11.5 Å². The highest BCUT2D eigenvalue weighted by molar-refractivity contribution is 9.10. The maximum Gasteiger partial charge on any atom is 0.270 e. The topological polar surface area (TPSA) is 76.1 Å². The summed E-state index contributed by atoms with van der Waals surface area (Å²) in [5.74, 6) is 0.293. The Labute approximate surface area is 137 Å². The fourth-order valence-corrected chi connectivity index (χ4v) is 2.36. The predicted molar refractivity (Wildman–Crippen MR) is 88.4 cm³/mol. The number of nitrogens with one attached hydrogen (secondary N) is 2. The van der Waals surface area contributed by atoms with E-state index in [-0.39, 0.29) is 5.91 Å². The number of rotatable bonds is 6. The number of ether oxygens (including phenoxy) is 1. The third kappa shape index (κ3) is 4.51. The van der Waals surface area contributed by atoms with Crippen molar-refractivity contribution in [2.45, 2.75) is 6.92 Å². The molecule has 116 valence electrons. The van der Waals surface area contributed by atoms with Crippen LogP contribution in [0.3, 0.4) is 0 Å². The Hall–Kier alpha value is -1.99. The van der Waals surface area contributed by atoms with E-state index in [9.17, 15) is 4.79 Å². The molecule has 22 heavy (non-hydrogen) atoms. The van der Waals surface area contributed by atoms with Gasteiger partial charge in [0.05, 0.1) is 12.3 Å². The van der Waals surface area contributed by atoms with Gasteiger partial charge >= 0.3 is 0 Å². The van der Waals surface area contributed by atoms with Crippen LogP contribution in [-0.2, 0) is 4.74 Å². The Bertz CT molecular complexity index is 664. The highest BCUT2D eigenvalue weighted by Crippen LogP contribution is 2.26. The molecule has 0 aliphatic rings. The van der Waals surface area contributed by atoms with Crippen LogP contribution in [0.25, 0.3) is 0 Å². The Morgan fingerprint density at radius 1 is 1.32 bits per heavy atom. The van der Waals surface area contributed by atoms with Gasteiger partial charge in [0, 0.05) is 24.2 Å². The molecule has 0 aliphatic carbocycles. The molecule has 1 aromatic heterocycles. The molecule has 0 bridgehead atoms. The maximum absolute atomic E-state index is 11.9. The molecule has 0 saturated heterocycles. The third-order valence-corrected chi connectivity index (χ3v) is 3.53. The van der Waals surface area contributed by atoms with Gasteiger partial charge in [-0.2, -0.15) is 0 Å². The molecule has 0 spiro atoms. The number of halogens is 1. The molecule has 2 N–H and O–H groups in total. The molecule has 6 nitrogen and oxygen atoms in total. The van der Waals surface area contributed by atoms with E-state index >= 15 is 0 Å². The van der Waals surface area contributed by atoms with E-state index in [1.165, 1.54) is 6.33 Å².